The summed E-state index contributed by atoms with van der Waals surface area (Å²) in [5, 5.41) is 3.55. The molecule has 1 saturated heterocycles. The van der Waals surface area contributed by atoms with E-state index in [1.807, 2.05) is 18.2 Å². The zero-order valence-corrected chi connectivity index (χ0v) is 12.1. The van der Waals surface area contributed by atoms with Crippen LogP contribution in [0.5, 0.6) is 0 Å². The summed E-state index contributed by atoms with van der Waals surface area (Å²) in [6.45, 7) is 5.31. The standard InChI is InChI=1S/C17H25NO2/c1-2-4-15(5-3-1)12-19-8-9-20-14-17-7-6-16(10-17)11-18-13-17/h1-5,16,18H,6-14H2. The van der Waals surface area contributed by atoms with Gasteiger partial charge < -0.3 is 14.8 Å². The van der Waals surface area contributed by atoms with E-state index >= 15 is 0 Å². The summed E-state index contributed by atoms with van der Waals surface area (Å²) in [6.07, 6.45) is 4.06. The number of piperidine rings is 1. The van der Waals surface area contributed by atoms with Gasteiger partial charge in [-0.1, -0.05) is 30.3 Å². The van der Waals surface area contributed by atoms with Crippen LogP contribution in [0.2, 0.25) is 0 Å². The largest absolute Gasteiger partial charge is 0.378 e. The van der Waals surface area contributed by atoms with Crippen molar-refractivity contribution in [1.29, 1.82) is 0 Å². The van der Waals surface area contributed by atoms with E-state index in [1.54, 1.807) is 0 Å². The Balaban J connectivity index is 1.29. The number of hydrogen-bond acceptors (Lipinski definition) is 3. The van der Waals surface area contributed by atoms with Crippen LogP contribution in [0.3, 0.4) is 0 Å². The Hall–Kier alpha value is -0.900. The van der Waals surface area contributed by atoms with Gasteiger partial charge in [-0.3, -0.25) is 0 Å². The summed E-state index contributed by atoms with van der Waals surface area (Å²) in [5.74, 6) is 0.890. The third kappa shape index (κ3) is 3.60. The van der Waals surface area contributed by atoms with E-state index in [4.69, 9.17) is 9.47 Å². The molecule has 0 aromatic heterocycles. The second-order valence-electron chi connectivity index (χ2n) is 6.33. The van der Waals surface area contributed by atoms with Gasteiger partial charge in [-0.25, -0.2) is 0 Å². The highest BCUT2D eigenvalue weighted by Gasteiger charge is 2.41. The maximum absolute atomic E-state index is 5.87. The summed E-state index contributed by atoms with van der Waals surface area (Å²) >= 11 is 0. The molecule has 3 heteroatoms. The second-order valence-corrected chi connectivity index (χ2v) is 6.33. The molecule has 2 fully saturated rings. The molecule has 1 N–H and O–H groups in total. The number of benzene rings is 1. The predicted molar refractivity (Wildman–Crippen MR) is 79.6 cm³/mol. The summed E-state index contributed by atoms with van der Waals surface area (Å²) in [7, 11) is 0. The lowest BCUT2D eigenvalue weighted by atomic mass is 9.84. The molecule has 2 bridgehead atoms. The van der Waals surface area contributed by atoms with Gasteiger partial charge in [-0.15, -0.1) is 0 Å². The summed E-state index contributed by atoms with van der Waals surface area (Å²) in [5.41, 5.74) is 1.64. The zero-order valence-electron chi connectivity index (χ0n) is 12.1. The lowest BCUT2D eigenvalue weighted by Crippen LogP contribution is -2.42. The van der Waals surface area contributed by atoms with E-state index < -0.39 is 0 Å². The number of fused-ring (bicyclic) bond motifs is 2. The Kier molecular flexibility index (Phi) is 4.71. The van der Waals surface area contributed by atoms with E-state index in [2.05, 4.69) is 17.4 Å². The molecule has 0 spiro atoms. The van der Waals surface area contributed by atoms with Crippen molar-refractivity contribution in [2.45, 2.75) is 25.9 Å². The maximum atomic E-state index is 5.87. The fourth-order valence-corrected chi connectivity index (χ4v) is 3.56. The average molecular weight is 275 g/mol. The number of nitrogens with one attached hydrogen (secondary N) is 1. The molecule has 1 aliphatic carbocycles. The SMILES string of the molecule is c1ccc(COCCOCC23CCC(CNC2)C3)cc1. The van der Waals surface area contributed by atoms with E-state index in [0.29, 0.717) is 25.2 Å². The van der Waals surface area contributed by atoms with Crippen molar-refractivity contribution in [2.24, 2.45) is 11.3 Å². The quantitative estimate of drug-likeness (QED) is 0.776. The maximum Gasteiger partial charge on any atom is 0.0718 e. The first-order chi connectivity index (χ1) is 9.86. The van der Waals surface area contributed by atoms with E-state index in [1.165, 1.54) is 31.4 Å². The molecule has 1 saturated carbocycles. The Morgan fingerprint density at radius 1 is 1.15 bits per heavy atom. The molecule has 2 atom stereocenters. The van der Waals surface area contributed by atoms with Crippen LogP contribution >= 0.6 is 0 Å². The predicted octanol–water partition coefficient (Wildman–Crippen LogP) is 2.61. The molecule has 2 aliphatic rings. The van der Waals surface area contributed by atoms with E-state index in [-0.39, 0.29) is 0 Å². The van der Waals surface area contributed by atoms with Crippen LogP contribution < -0.4 is 5.32 Å². The Bertz CT molecular complexity index is 405. The molecule has 0 radical (unpaired) electrons. The van der Waals surface area contributed by atoms with Gasteiger partial charge in [0.2, 0.25) is 0 Å². The molecule has 1 aromatic rings. The van der Waals surface area contributed by atoms with Gasteiger partial charge in [-0.05, 0) is 37.3 Å². The average Bonchev–Trinajstić information content (AvgIpc) is 2.79. The lowest BCUT2D eigenvalue weighted by Gasteiger charge is -2.33. The van der Waals surface area contributed by atoms with E-state index in [0.717, 1.165) is 19.1 Å². The van der Waals surface area contributed by atoms with Gasteiger partial charge in [0, 0.05) is 12.0 Å². The van der Waals surface area contributed by atoms with Crippen molar-refractivity contribution < 1.29 is 9.47 Å². The summed E-state index contributed by atoms with van der Waals surface area (Å²) < 4.78 is 11.5. The lowest BCUT2D eigenvalue weighted by molar-refractivity contribution is -0.00248. The molecule has 3 nitrogen and oxygen atoms in total. The van der Waals surface area contributed by atoms with Gasteiger partial charge >= 0.3 is 0 Å². The van der Waals surface area contributed by atoms with Crippen molar-refractivity contribution in [3.8, 4) is 0 Å². The highest BCUT2D eigenvalue weighted by atomic mass is 16.5. The Labute approximate surface area is 121 Å². The van der Waals surface area contributed by atoms with Gasteiger partial charge in [0.15, 0.2) is 0 Å². The van der Waals surface area contributed by atoms with Gasteiger partial charge in [0.25, 0.3) is 0 Å². The minimum absolute atomic E-state index is 0.419. The molecule has 1 heterocycles. The molecule has 1 aromatic carbocycles. The smallest absolute Gasteiger partial charge is 0.0718 e. The molecule has 3 rings (SSSR count). The van der Waals surface area contributed by atoms with Crippen LogP contribution in [0.25, 0.3) is 0 Å². The van der Waals surface area contributed by atoms with Gasteiger partial charge in [0.05, 0.1) is 26.4 Å². The number of hydrogen-bond donors (Lipinski definition) is 1. The Morgan fingerprint density at radius 2 is 2.00 bits per heavy atom. The normalized spacial score (nSPS) is 28.7. The molecule has 1 aliphatic heterocycles. The molecule has 2 unspecified atom stereocenters. The van der Waals surface area contributed by atoms with Crippen molar-refractivity contribution in [3.63, 3.8) is 0 Å². The third-order valence-electron chi connectivity index (χ3n) is 4.63. The molecule has 110 valence electrons. The Morgan fingerprint density at radius 3 is 2.90 bits per heavy atom. The van der Waals surface area contributed by atoms with Crippen molar-refractivity contribution in [2.75, 3.05) is 32.9 Å². The van der Waals surface area contributed by atoms with Crippen molar-refractivity contribution >= 4 is 0 Å². The topological polar surface area (TPSA) is 30.5 Å². The first kappa shape index (κ1) is 14.1. The third-order valence-corrected chi connectivity index (χ3v) is 4.63. The fourth-order valence-electron chi connectivity index (χ4n) is 3.56. The minimum atomic E-state index is 0.419. The van der Waals surface area contributed by atoms with Gasteiger partial charge in [0.1, 0.15) is 0 Å². The van der Waals surface area contributed by atoms with Crippen LogP contribution in [0.15, 0.2) is 30.3 Å². The minimum Gasteiger partial charge on any atom is -0.378 e. The summed E-state index contributed by atoms with van der Waals surface area (Å²) in [4.78, 5) is 0. The van der Waals surface area contributed by atoms with Crippen molar-refractivity contribution in [1.82, 2.24) is 5.32 Å². The molecular weight excluding hydrogens is 250 g/mol. The van der Waals surface area contributed by atoms with Crippen LogP contribution in [-0.4, -0.2) is 32.9 Å². The van der Waals surface area contributed by atoms with Crippen LogP contribution in [-0.2, 0) is 16.1 Å². The highest BCUT2D eigenvalue weighted by molar-refractivity contribution is 5.13. The number of rotatable bonds is 7. The van der Waals surface area contributed by atoms with Crippen LogP contribution in [0.1, 0.15) is 24.8 Å². The fraction of sp³-hybridized carbons (Fsp3) is 0.647. The first-order valence-corrected chi connectivity index (χ1v) is 7.77. The van der Waals surface area contributed by atoms with Crippen LogP contribution in [0, 0.1) is 11.3 Å². The molecular formula is C17H25NO2. The molecule has 0 amide bonds. The molecule has 20 heavy (non-hydrogen) atoms. The first-order valence-electron chi connectivity index (χ1n) is 7.77. The van der Waals surface area contributed by atoms with Crippen LogP contribution in [0.4, 0.5) is 0 Å². The van der Waals surface area contributed by atoms with E-state index in [9.17, 15) is 0 Å². The second kappa shape index (κ2) is 6.70. The van der Waals surface area contributed by atoms with Gasteiger partial charge in [-0.2, -0.15) is 0 Å². The monoisotopic (exact) mass is 275 g/mol. The van der Waals surface area contributed by atoms with Crippen molar-refractivity contribution in [3.05, 3.63) is 35.9 Å². The zero-order chi connectivity index (χ0) is 13.7. The summed E-state index contributed by atoms with van der Waals surface area (Å²) in [6, 6.07) is 10.3. The number of ether oxygens (including phenoxy) is 2. The highest BCUT2D eigenvalue weighted by Crippen LogP contribution is 2.43.